The van der Waals surface area contributed by atoms with Crippen LogP contribution in [0.15, 0.2) is 24.3 Å². The van der Waals surface area contributed by atoms with E-state index < -0.39 is 27.5 Å². The normalized spacial score (nSPS) is 19.2. The van der Waals surface area contributed by atoms with Crippen molar-refractivity contribution >= 4 is 22.4 Å². The van der Waals surface area contributed by atoms with E-state index in [9.17, 15) is 21.6 Å². The second kappa shape index (κ2) is 7.16. The molecule has 1 heterocycles. The monoisotopic (exact) mass is 358 g/mol. The number of hydrogen-bond donors (Lipinski definition) is 1. The maximum absolute atomic E-state index is 12.9. The molecule has 1 fully saturated rings. The summed E-state index contributed by atoms with van der Waals surface area (Å²) in [6.07, 6.45) is -3.89. The van der Waals surface area contributed by atoms with Crippen molar-refractivity contribution in [3.63, 3.8) is 0 Å². The van der Waals surface area contributed by atoms with Crippen LogP contribution in [0.1, 0.15) is 17.5 Å². The first kappa shape index (κ1) is 19.2. The van der Waals surface area contributed by atoms with E-state index in [1.807, 2.05) is 0 Å². The number of rotatable bonds is 4. The summed E-state index contributed by atoms with van der Waals surface area (Å²) in [5.74, 6) is -0.643. The van der Waals surface area contributed by atoms with E-state index in [1.54, 1.807) is 0 Å². The van der Waals surface area contributed by atoms with Crippen molar-refractivity contribution < 1.29 is 21.6 Å². The Hall–Kier alpha value is -0.830. The zero-order chi connectivity index (χ0) is 15.7. The van der Waals surface area contributed by atoms with Gasteiger partial charge in [-0.15, -0.1) is 12.4 Å². The number of alkyl halides is 3. The van der Waals surface area contributed by atoms with E-state index in [4.69, 9.17) is 0 Å². The quantitative estimate of drug-likeness (QED) is 0.898. The number of benzene rings is 1. The Bertz CT molecular complexity index is 602. The van der Waals surface area contributed by atoms with Gasteiger partial charge in [0.15, 0.2) is 0 Å². The predicted molar refractivity (Wildman–Crippen MR) is 80.4 cm³/mol. The van der Waals surface area contributed by atoms with Gasteiger partial charge in [0.25, 0.3) is 0 Å². The zero-order valence-electron chi connectivity index (χ0n) is 11.9. The molecule has 0 aromatic heterocycles. The van der Waals surface area contributed by atoms with Crippen molar-refractivity contribution in [1.29, 1.82) is 0 Å². The molecule has 0 bridgehead atoms. The molecular formula is C13H18ClF3N2O2S. The van der Waals surface area contributed by atoms with Crippen molar-refractivity contribution in [2.75, 3.05) is 20.1 Å². The Morgan fingerprint density at radius 1 is 1.32 bits per heavy atom. The molecule has 9 heteroatoms. The van der Waals surface area contributed by atoms with Crippen molar-refractivity contribution in [3.8, 4) is 0 Å². The first-order valence-electron chi connectivity index (χ1n) is 6.53. The SMILES string of the molecule is CN(C1CCNC1)S(=O)(=O)Cc1ccccc1C(F)(F)F.Cl. The average molecular weight is 359 g/mol. The van der Waals surface area contributed by atoms with E-state index in [0.29, 0.717) is 19.5 Å². The minimum Gasteiger partial charge on any atom is -0.315 e. The highest BCUT2D eigenvalue weighted by molar-refractivity contribution is 7.88. The van der Waals surface area contributed by atoms with Crippen LogP contribution in [-0.4, -0.2) is 38.9 Å². The third kappa shape index (κ3) is 4.34. The molecule has 2 rings (SSSR count). The lowest BCUT2D eigenvalue weighted by atomic mass is 10.1. The van der Waals surface area contributed by atoms with E-state index >= 15 is 0 Å². The van der Waals surface area contributed by atoms with Crippen LogP contribution in [-0.2, 0) is 22.0 Å². The highest BCUT2D eigenvalue weighted by atomic mass is 35.5. The number of nitrogens with zero attached hydrogens (tertiary/aromatic N) is 1. The van der Waals surface area contributed by atoms with E-state index in [1.165, 1.54) is 29.6 Å². The van der Waals surface area contributed by atoms with Gasteiger partial charge in [-0.3, -0.25) is 0 Å². The second-order valence-corrected chi connectivity index (χ2v) is 7.10. The smallest absolute Gasteiger partial charge is 0.315 e. The first-order chi connectivity index (χ1) is 9.72. The summed E-state index contributed by atoms with van der Waals surface area (Å²) < 4.78 is 64.5. The van der Waals surface area contributed by atoms with E-state index in [0.717, 1.165) is 6.07 Å². The van der Waals surface area contributed by atoms with Gasteiger partial charge in [0.05, 0.1) is 11.3 Å². The zero-order valence-corrected chi connectivity index (χ0v) is 13.6. The lowest BCUT2D eigenvalue weighted by Crippen LogP contribution is -2.39. The molecule has 0 aliphatic carbocycles. The van der Waals surface area contributed by atoms with Gasteiger partial charge in [0.2, 0.25) is 10.0 Å². The summed E-state index contributed by atoms with van der Waals surface area (Å²) >= 11 is 0. The molecule has 126 valence electrons. The summed E-state index contributed by atoms with van der Waals surface area (Å²) in [5.41, 5.74) is -1.12. The Kier molecular flexibility index (Phi) is 6.26. The Balaban J connectivity index is 0.00000242. The van der Waals surface area contributed by atoms with E-state index in [2.05, 4.69) is 5.32 Å². The Morgan fingerprint density at radius 3 is 2.50 bits per heavy atom. The number of likely N-dealkylation sites (N-methyl/N-ethyl adjacent to an activating group) is 1. The fourth-order valence-electron chi connectivity index (χ4n) is 2.40. The van der Waals surface area contributed by atoms with Crippen LogP contribution in [0.25, 0.3) is 0 Å². The molecule has 0 saturated carbocycles. The maximum Gasteiger partial charge on any atom is 0.416 e. The van der Waals surface area contributed by atoms with Gasteiger partial charge in [-0.2, -0.15) is 13.2 Å². The van der Waals surface area contributed by atoms with Crippen molar-refractivity contribution in [2.45, 2.75) is 24.4 Å². The fraction of sp³-hybridized carbons (Fsp3) is 0.538. The molecule has 1 aromatic carbocycles. The van der Waals surface area contributed by atoms with Crippen molar-refractivity contribution in [2.24, 2.45) is 0 Å². The van der Waals surface area contributed by atoms with Gasteiger partial charge in [0.1, 0.15) is 0 Å². The summed E-state index contributed by atoms with van der Waals surface area (Å²) in [4.78, 5) is 0. The minimum absolute atomic E-state index is 0. The highest BCUT2D eigenvalue weighted by Gasteiger charge is 2.35. The van der Waals surface area contributed by atoms with Gasteiger partial charge >= 0.3 is 6.18 Å². The van der Waals surface area contributed by atoms with Crippen LogP contribution in [0, 0.1) is 0 Å². The molecule has 1 aliphatic rings. The third-order valence-corrected chi connectivity index (χ3v) is 5.50. The molecule has 22 heavy (non-hydrogen) atoms. The topological polar surface area (TPSA) is 49.4 Å². The lowest BCUT2D eigenvalue weighted by Gasteiger charge is -2.24. The number of hydrogen-bond acceptors (Lipinski definition) is 3. The second-order valence-electron chi connectivity index (χ2n) is 5.07. The van der Waals surface area contributed by atoms with Crippen LogP contribution in [0.5, 0.6) is 0 Å². The van der Waals surface area contributed by atoms with Gasteiger partial charge in [-0.1, -0.05) is 18.2 Å². The third-order valence-electron chi connectivity index (χ3n) is 3.65. The van der Waals surface area contributed by atoms with Gasteiger partial charge in [-0.25, -0.2) is 12.7 Å². The largest absolute Gasteiger partial charge is 0.416 e. The maximum atomic E-state index is 12.9. The van der Waals surface area contributed by atoms with Crippen LogP contribution in [0.3, 0.4) is 0 Å². The van der Waals surface area contributed by atoms with Crippen LogP contribution in [0.4, 0.5) is 13.2 Å². The standard InChI is InChI=1S/C13H17F3N2O2S.ClH/c1-18(11-6-7-17-8-11)21(19,20)9-10-4-2-3-5-12(10)13(14,15)16;/h2-5,11,17H,6-9H2,1H3;1H. The Morgan fingerprint density at radius 2 is 1.95 bits per heavy atom. The molecule has 1 aromatic rings. The van der Waals surface area contributed by atoms with Crippen molar-refractivity contribution in [3.05, 3.63) is 35.4 Å². The molecule has 1 unspecified atom stereocenters. The molecule has 0 radical (unpaired) electrons. The predicted octanol–water partition coefficient (Wildman–Crippen LogP) is 2.25. The number of sulfonamides is 1. The molecule has 1 N–H and O–H groups in total. The molecule has 1 saturated heterocycles. The van der Waals surface area contributed by atoms with Crippen LogP contribution >= 0.6 is 12.4 Å². The number of nitrogens with one attached hydrogen (secondary N) is 1. The number of halogens is 4. The summed E-state index contributed by atoms with van der Waals surface area (Å²) in [6.45, 7) is 1.24. The molecule has 0 spiro atoms. The van der Waals surface area contributed by atoms with Gasteiger partial charge < -0.3 is 5.32 Å². The highest BCUT2D eigenvalue weighted by Crippen LogP contribution is 2.33. The van der Waals surface area contributed by atoms with E-state index in [-0.39, 0.29) is 24.0 Å². The van der Waals surface area contributed by atoms with Crippen LogP contribution < -0.4 is 5.32 Å². The van der Waals surface area contributed by atoms with Crippen molar-refractivity contribution in [1.82, 2.24) is 9.62 Å². The summed E-state index contributed by atoms with van der Waals surface area (Å²) in [6, 6.07) is 4.58. The molecule has 4 nitrogen and oxygen atoms in total. The fourth-order valence-corrected chi connectivity index (χ4v) is 3.88. The molecular weight excluding hydrogens is 341 g/mol. The molecule has 1 aliphatic heterocycles. The summed E-state index contributed by atoms with van der Waals surface area (Å²) in [5, 5.41) is 3.04. The minimum atomic E-state index is -4.56. The molecule has 0 amide bonds. The van der Waals surface area contributed by atoms with Gasteiger partial charge in [0, 0.05) is 19.6 Å². The lowest BCUT2D eigenvalue weighted by molar-refractivity contribution is -0.138. The first-order valence-corrected chi connectivity index (χ1v) is 8.14. The van der Waals surface area contributed by atoms with Gasteiger partial charge in [-0.05, 0) is 24.6 Å². The molecule has 1 atom stereocenters. The summed E-state index contributed by atoms with van der Waals surface area (Å²) in [7, 11) is -2.37. The Labute approximate surface area is 134 Å². The average Bonchev–Trinajstić information content (AvgIpc) is 2.90. The van der Waals surface area contributed by atoms with Crippen LogP contribution in [0.2, 0.25) is 0 Å².